The predicted octanol–water partition coefficient (Wildman–Crippen LogP) is 2.81. The Hall–Kier alpha value is -1.88. The van der Waals surface area contributed by atoms with Gasteiger partial charge in [-0.05, 0) is 26.8 Å². The van der Waals surface area contributed by atoms with Gasteiger partial charge in [0.1, 0.15) is 11.1 Å². The van der Waals surface area contributed by atoms with Gasteiger partial charge in [0.2, 0.25) is 0 Å². The average Bonchev–Trinajstić information content (AvgIpc) is 2.77. The Bertz CT molecular complexity index is 574. The number of hydrogen-bond acceptors (Lipinski definition) is 3. The molecular weight excluding hydrogens is 258 g/mol. The molecule has 20 heavy (non-hydrogen) atoms. The lowest BCUT2D eigenvalue weighted by Crippen LogP contribution is -2.64. The largest absolute Gasteiger partial charge is 0.519 e. The van der Waals surface area contributed by atoms with Gasteiger partial charge in [-0.15, -0.1) is 0 Å². The van der Waals surface area contributed by atoms with Crippen LogP contribution in [0.3, 0.4) is 0 Å². The highest BCUT2D eigenvalue weighted by molar-refractivity contribution is 6.00. The first kappa shape index (κ1) is 14.5. The van der Waals surface area contributed by atoms with Crippen molar-refractivity contribution in [3.63, 3.8) is 0 Å². The zero-order chi connectivity index (χ0) is 15.1. The number of benzene rings is 1. The molecule has 0 saturated carbocycles. The highest BCUT2D eigenvalue weighted by Crippen LogP contribution is 2.44. The summed E-state index contributed by atoms with van der Waals surface area (Å²) in [6, 6.07) is 5.30. The molecule has 1 heterocycles. The Kier molecular flexibility index (Phi) is 3.34. The van der Waals surface area contributed by atoms with Gasteiger partial charge in [0.15, 0.2) is 5.69 Å². The number of quaternary nitrogens is 1. The maximum absolute atomic E-state index is 12.0. The third-order valence-corrected chi connectivity index (χ3v) is 4.09. The van der Waals surface area contributed by atoms with E-state index in [-0.39, 0.29) is 4.48 Å². The Morgan fingerprint density at radius 2 is 1.95 bits per heavy atom. The van der Waals surface area contributed by atoms with Crippen LogP contribution in [0.25, 0.3) is 0 Å². The number of carbonyl (C=O) groups excluding carboxylic acids is 1. The minimum absolute atomic E-state index is 0.242. The Morgan fingerprint density at radius 1 is 1.30 bits per heavy atom. The van der Waals surface area contributed by atoms with Gasteiger partial charge >= 0.3 is 12.1 Å². The van der Waals surface area contributed by atoms with Gasteiger partial charge in [-0.25, -0.2) is 4.79 Å². The number of nitrogens with zero attached hydrogens (tertiary/aromatic N) is 1. The molecule has 0 fully saturated rings. The zero-order valence-electron chi connectivity index (χ0n) is 12.3. The summed E-state index contributed by atoms with van der Waals surface area (Å²) >= 11 is 0. The van der Waals surface area contributed by atoms with E-state index in [4.69, 9.17) is 4.74 Å². The molecule has 1 unspecified atom stereocenters. The fraction of sp³-hybridized carbons (Fsp3) is 0.467. The van der Waals surface area contributed by atoms with E-state index in [0.29, 0.717) is 24.2 Å². The van der Waals surface area contributed by atoms with Crippen LogP contribution in [0, 0.1) is 0 Å². The van der Waals surface area contributed by atoms with E-state index in [1.807, 2.05) is 26.8 Å². The van der Waals surface area contributed by atoms with Crippen molar-refractivity contribution in [2.45, 2.75) is 32.7 Å². The number of esters is 1. The highest BCUT2D eigenvalue weighted by Gasteiger charge is 2.55. The lowest BCUT2D eigenvalue weighted by molar-refractivity contribution is 0.0595. The summed E-state index contributed by atoms with van der Waals surface area (Å²) in [4.78, 5) is 24.0. The fourth-order valence-corrected chi connectivity index (χ4v) is 3.07. The number of carbonyl (C=O) groups is 2. The fourth-order valence-electron chi connectivity index (χ4n) is 3.07. The van der Waals surface area contributed by atoms with Gasteiger partial charge in [-0.1, -0.05) is 12.1 Å². The molecule has 5 heteroatoms. The summed E-state index contributed by atoms with van der Waals surface area (Å²) < 4.78 is 4.56. The Labute approximate surface area is 118 Å². The molecule has 1 N–H and O–H groups in total. The number of amides is 1. The molecule has 0 radical (unpaired) electrons. The van der Waals surface area contributed by atoms with E-state index in [1.165, 1.54) is 7.11 Å². The van der Waals surface area contributed by atoms with Gasteiger partial charge in [0.25, 0.3) is 0 Å². The quantitative estimate of drug-likeness (QED) is 0.633. The van der Waals surface area contributed by atoms with Crippen LogP contribution >= 0.6 is 0 Å². The number of hydrogen-bond donors (Lipinski definition) is 1. The molecule has 1 atom stereocenters. The van der Waals surface area contributed by atoms with Crippen LogP contribution in [0.5, 0.6) is 0 Å². The van der Waals surface area contributed by atoms with E-state index in [0.717, 1.165) is 5.56 Å². The molecule has 1 aromatic rings. The lowest BCUT2D eigenvalue weighted by Gasteiger charge is -2.40. The van der Waals surface area contributed by atoms with Crippen LogP contribution < -0.4 is 4.48 Å². The third kappa shape index (κ3) is 1.81. The highest BCUT2D eigenvalue weighted by atomic mass is 16.5. The number of ether oxygens (including phenoxy) is 1. The van der Waals surface area contributed by atoms with Crippen molar-refractivity contribution in [1.82, 2.24) is 4.48 Å². The topological polar surface area (TPSA) is 63.6 Å². The summed E-state index contributed by atoms with van der Waals surface area (Å²) in [5.74, 6) is -0.489. The van der Waals surface area contributed by atoms with Gasteiger partial charge in [0.05, 0.1) is 13.7 Å². The Morgan fingerprint density at radius 3 is 2.45 bits per heavy atom. The molecule has 0 bridgehead atoms. The van der Waals surface area contributed by atoms with Crippen molar-refractivity contribution in [3.8, 4) is 0 Å². The molecule has 5 nitrogen and oxygen atoms in total. The van der Waals surface area contributed by atoms with E-state index >= 15 is 0 Å². The second-order valence-electron chi connectivity index (χ2n) is 6.04. The smallest absolute Gasteiger partial charge is 0.465 e. The number of rotatable bonds is 1. The van der Waals surface area contributed by atoms with Gasteiger partial charge in [-0.3, -0.25) is 0 Å². The van der Waals surface area contributed by atoms with Crippen molar-refractivity contribution < 1.29 is 19.4 Å². The van der Waals surface area contributed by atoms with Crippen molar-refractivity contribution >= 4 is 17.7 Å². The molecular formula is C15H20NO4+. The average molecular weight is 278 g/mol. The number of fused-ring (bicyclic) bond motifs is 1. The monoisotopic (exact) mass is 278 g/mol. The minimum atomic E-state index is -0.937. The third-order valence-electron chi connectivity index (χ3n) is 4.09. The summed E-state index contributed by atoms with van der Waals surface area (Å²) in [5.41, 5.74) is 1.27. The van der Waals surface area contributed by atoms with Crippen molar-refractivity contribution in [3.05, 3.63) is 29.3 Å². The first-order valence-electron chi connectivity index (χ1n) is 6.58. The lowest BCUT2D eigenvalue weighted by atomic mass is 9.99. The second-order valence-corrected chi connectivity index (χ2v) is 6.04. The van der Waals surface area contributed by atoms with Crippen molar-refractivity contribution in [2.75, 3.05) is 13.7 Å². The molecule has 0 aliphatic carbocycles. The zero-order valence-corrected chi connectivity index (χ0v) is 12.3. The molecule has 0 saturated heterocycles. The summed E-state index contributed by atoms with van der Waals surface area (Å²) in [6.45, 7) is 6.08. The SMILES string of the molecule is COC(=O)c1cccc2c1[N+](C(=O)O)(C(C)(C)C)CC2. The molecule has 1 aliphatic heterocycles. The Balaban J connectivity index is 2.78. The molecule has 108 valence electrons. The number of carboxylic acid groups (broad SMARTS) is 1. The first-order chi connectivity index (χ1) is 9.25. The molecule has 1 aromatic carbocycles. The van der Waals surface area contributed by atoms with E-state index in [1.54, 1.807) is 12.1 Å². The van der Waals surface area contributed by atoms with Gasteiger partial charge in [0, 0.05) is 12.0 Å². The summed E-state index contributed by atoms with van der Waals surface area (Å²) in [6.07, 6.45) is -0.295. The molecule has 2 rings (SSSR count). The van der Waals surface area contributed by atoms with E-state index in [2.05, 4.69) is 0 Å². The van der Waals surface area contributed by atoms with Crippen LogP contribution in [-0.2, 0) is 11.2 Å². The van der Waals surface area contributed by atoms with Crippen LogP contribution in [0.2, 0.25) is 0 Å². The van der Waals surface area contributed by atoms with Crippen LogP contribution in [0.4, 0.5) is 10.5 Å². The summed E-state index contributed by atoms with van der Waals surface area (Å²) in [7, 11) is 1.31. The number of methoxy groups -OCH3 is 1. The maximum Gasteiger partial charge on any atom is 0.519 e. The van der Waals surface area contributed by atoms with E-state index in [9.17, 15) is 14.7 Å². The van der Waals surface area contributed by atoms with Crippen LogP contribution in [-0.4, -0.2) is 36.4 Å². The van der Waals surface area contributed by atoms with Crippen molar-refractivity contribution in [2.24, 2.45) is 0 Å². The van der Waals surface area contributed by atoms with Crippen LogP contribution in [0.15, 0.2) is 18.2 Å². The predicted molar refractivity (Wildman–Crippen MR) is 75.9 cm³/mol. The van der Waals surface area contributed by atoms with E-state index < -0.39 is 17.6 Å². The molecule has 0 spiro atoms. The van der Waals surface area contributed by atoms with Gasteiger partial charge in [-0.2, -0.15) is 9.28 Å². The normalized spacial score (nSPS) is 21.4. The second kappa shape index (κ2) is 4.59. The standard InChI is InChI=1S/C15H19NO4/c1-15(2,3)16(14(18)19)9-8-10-6-5-7-11(12(10)16)13(17)20-4/h5-7H,8-9H2,1-4H3/p+1. The van der Waals surface area contributed by atoms with Crippen LogP contribution in [0.1, 0.15) is 36.7 Å². The first-order valence-corrected chi connectivity index (χ1v) is 6.58. The minimum Gasteiger partial charge on any atom is -0.465 e. The molecule has 1 amide bonds. The number of para-hydroxylation sites is 1. The molecule has 0 aromatic heterocycles. The maximum atomic E-state index is 12.0. The van der Waals surface area contributed by atoms with Gasteiger partial charge < -0.3 is 9.84 Å². The molecule has 1 aliphatic rings. The summed E-state index contributed by atoms with van der Waals surface area (Å²) in [5, 5.41) is 9.85. The van der Waals surface area contributed by atoms with Crippen molar-refractivity contribution in [1.29, 1.82) is 0 Å².